The summed E-state index contributed by atoms with van der Waals surface area (Å²) in [4.78, 5) is 16.7. The van der Waals surface area contributed by atoms with Crippen molar-refractivity contribution in [1.29, 1.82) is 0 Å². The zero-order valence-corrected chi connectivity index (χ0v) is 18.8. The van der Waals surface area contributed by atoms with E-state index in [0.29, 0.717) is 37.9 Å². The number of hydrogen-bond acceptors (Lipinski definition) is 5. The number of hydrogen-bond donors (Lipinski definition) is 2. The standard InChI is InChI=1S/C23H37N3O4/c1-4-29-21-17-20(26-12-14-28-15-13-26)22(30-5-2)16-19(21)24-23(27)18(3)25-10-8-6-7-9-11-25/h16-18H,4-15H2,1-3H3,(H,24,27)/p+1/t18-/m0/s1. The summed E-state index contributed by atoms with van der Waals surface area (Å²) < 4.78 is 17.4. The molecular formula is C23H38N3O4+. The predicted octanol–water partition coefficient (Wildman–Crippen LogP) is 2.11. The summed E-state index contributed by atoms with van der Waals surface area (Å²) in [6, 6.07) is 3.83. The molecule has 2 saturated heterocycles. The minimum Gasteiger partial charge on any atom is -0.492 e. The highest BCUT2D eigenvalue weighted by Crippen LogP contribution is 2.39. The second-order valence-electron chi connectivity index (χ2n) is 8.06. The molecule has 7 heteroatoms. The first kappa shape index (κ1) is 22.7. The number of amides is 1. The molecule has 0 unspecified atom stereocenters. The van der Waals surface area contributed by atoms with Crippen molar-refractivity contribution in [2.45, 2.75) is 52.5 Å². The van der Waals surface area contributed by atoms with E-state index in [0.717, 1.165) is 37.6 Å². The quantitative estimate of drug-likeness (QED) is 0.674. The third-order valence-corrected chi connectivity index (χ3v) is 6.02. The minimum atomic E-state index is -0.0907. The molecule has 2 aliphatic rings. The normalized spacial score (nSPS) is 19.1. The molecule has 2 heterocycles. The SMILES string of the molecule is CCOc1cc(N2CCOCC2)c(OCC)cc1NC(=O)[C@H](C)[NH+]1CCCCCC1. The van der Waals surface area contributed by atoms with Crippen LogP contribution >= 0.6 is 0 Å². The molecule has 1 aromatic rings. The number of morpholine rings is 1. The largest absolute Gasteiger partial charge is 0.492 e. The van der Waals surface area contributed by atoms with Gasteiger partial charge in [-0.05, 0) is 46.5 Å². The van der Waals surface area contributed by atoms with Gasteiger partial charge in [0, 0.05) is 25.2 Å². The van der Waals surface area contributed by atoms with Gasteiger partial charge in [-0.3, -0.25) is 4.79 Å². The van der Waals surface area contributed by atoms with Crippen LogP contribution in [0, 0.1) is 0 Å². The summed E-state index contributed by atoms with van der Waals surface area (Å²) >= 11 is 0. The van der Waals surface area contributed by atoms with Crippen LogP contribution in [0.15, 0.2) is 12.1 Å². The smallest absolute Gasteiger partial charge is 0.282 e. The minimum absolute atomic E-state index is 0.0365. The Labute approximate surface area is 180 Å². The molecule has 0 aromatic heterocycles. The molecular weight excluding hydrogens is 382 g/mol. The van der Waals surface area contributed by atoms with E-state index in [-0.39, 0.29) is 11.9 Å². The topological polar surface area (TPSA) is 64.5 Å². The maximum Gasteiger partial charge on any atom is 0.282 e. The van der Waals surface area contributed by atoms with Gasteiger partial charge in [0.05, 0.1) is 50.9 Å². The lowest BCUT2D eigenvalue weighted by Crippen LogP contribution is -3.16. The number of nitrogens with one attached hydrogen (secondary N) is 2. The van der Waals surface area contributed by atoms with Crippen LogP contribution in [-0.2, 0) is 9.53 Å². The Morgan fingerprint density at radius 1 is 1.07 bits per heavy atom. The molecule has 7 nitrogen and oxygen atoms in total. The highest BCUT2D eigenvalue weighted by Gasteiger charge is 2.27. The number of quaternary nitrogens is 1. The van der Waals surface area contributed by atoms with Crippen LogP contribution in [0.2, 0.25) is 0 Å². The van der Waals surface area contributed by atoms with E-state index < -0.39 is 0 Å². The Morgan fingerprint density at radius 3 is 2.33 bits per heavy atom. The monoisotopic (exact) mass is 420 g/mol. The van der Waals surface area contributed by atoms with E-state index >= 15 is 0 Å². The number of nitrogens with zero attached hydrogens (tertiary/aromatic N) is 1. The molecule has 2 fully saturated rings. The zero-order chi connectivity index (χ0) is 21.3. The summed E-state index contributed by atoms with van der Waals surface area (Å²) in [5.41, 5.74) is 1.68. The van der Waals surface area contributed by atoms with Gasteiger partial charge in [0.25, 0.3) is 5.91 Å². The lowest BCUT2D eigenvalue weighted by molar-refractivity contribution is -0.913. The Morgan fingerprint density at radius 2 is 1.70 bits per heavy atom. The average Bonchev–Trinajstić information content (AvgIpc) is 3.05. The maximum absolute atomic E-state index is 13.1. The Bertz CT molecular complexity index is 683. The van der Waals surface area contributed by atoms with Crippen molar-refractivity contribution in [3.8, 4) is 11.5 Å². The fraction of sp³-hybridized carbons (Fsp3) is 0.696. The van der Waals surface area contributed by atoms with Crippen molar-refractivity contribution in [3.05, 3.63) is 12.1 Å². The first-order valence-electron chi connectivity index (χ1n) is 11.6. The molecule has 0 spiro atoms. The predicted molar refractivity (Wildman–Crippen MR) is 119 cm³/mol. The number of anilines is 2. The summed E-state index contributed by atoms with van der Waals surface area (Å²) in [7, 11) is 0. The van der Waals surface area contributed by atoms with Crippen molar-refractivity contribution in [2.24, 2.45) is 0 Å². The van der Waals surface area contributed by atoms with E-state index in [9.17, 15) is 4.79 Å². The highest BCUT2D eigenvalue weighted by atomic mass is 16.5. The molecule has 0 saturated carbocycles. The van der Waals surface area contributed by atoms with Gasteiger partial charge in [-0.1, -0.05) is 0 Å². The van der Waals surface area contributed by atoms with Crippen molar-refractivity contribution in [1.82, 2.24) is 0 Å². The van der Waals surface area contributed by atoms with E-state index in [4.69, 9.17) is 14.2 Å². The van der Waals surface area contributed by atoms with E-state index in [1.807, 2.05) is 32.9 Å². The van der Waals surface area contributed by atoms with Crippen LogP contribution in [0.25, 0.3) is 0 Å². The zero-order valence-electron chi connectivity index (χ0n) is 18.8. The van der Waals surface area contributed by atoms with Gasteiger partial charge in [0.15, 0.2) is 6.04 Å². The number of carbonyl (C=O) groups excluding carboxylic acids is 1. The molecule has 3 rings (SSSR count). The molecule has 30 heavy (non-hydrogen) atoms. The molecule has 2 aliphatic heterocycles. The Hall–Kier alpha value is -1.99. The number of benzene rings is 1. The van der Waals surface area contributed by atoms with Crippen molar-refractivity contribution >= 4 is 17.3 Å². The van der Waals surface area contributed by atoms with Gasteiger partial charge in [-0.2, -0.15) is 0 Å². The fourth-order valence-corrected chi connectivity index (χ4v) is 4.29. The molecule has 0 aliphatic carbocycles. The summed E-state index contributed by atoms with van der Waals surface area (Å²) in [5, 5.41) is 3.13. The molecule has 1 aromatic carbocycles. The van der Waals surface area contributed by atoms with Crippen LogP contribution in [-0.4, -0.2) is 64.6 Å². The van der Waals surface area contributed by atoms with Gasteiger partial charge in [-0.15, -0.1) is 0 Å². The highest BCUT2D eigenvalue weighted by molar-refractivity contribution is 5.96. The average molecular weight is 421 g/mol. The van der Waals surface area contributed by atoms with Crippen LogP contribution < -0.4 is 24.6 Å². The van der Waals surface area contributed by atoms with E-state index in [1.165, 1.54) is 30.6 Å². The van der Waals surface area contributed by atoms with E-state index in [1.54, 1.807) is 0 Å². The van der Waals surface area contributed by atoms with Gasteiger partial charge >= 0.3 is 0 Å². The Balaban J connectivity index is 1.82. The summed E-state index contributed by atoms with van der Waals surface area (Å²) in [6.07, 6.45) is 4.93. The van der Waals surface area contributed by atoms with Crippen molar-refractivity contribution < 1.29 is 23.9 Å². The van der Waals surface area contributed by atoms with Crippen LogP contribution in [0.1, 0.15) is 46.5 Å². The number of likely N-dealkylation sites (tertiary alicyclic amines) is 1. The number of ether oxygens (including phenoxy) is 3. The fourth-order valence-electron chi connectivity index (χ4n) is 4.29. The van der Waals surface area contributed by atoms with Gasteiger partial charge in [-0.25, -0.2) is 0 Å². The molecule has 1 atom stereocenters. The molecule has 1 amide bonds. The van der Waals surface area contributed by atoms with Crippen molar-refractivity contribution in [2.75, 3.05) is 62.8 Å². The van der Waals surface area contributed by atoms with Gasteiger partial charge < -0.3 is 29.3 Å². The summed E-state index contributed by atoms with van der Waals surface area (Å²) in [6.45, 7) is 12.2. The third kappa shape index (κ3) is 5.79. The molecule has 0 bridgehead atoms. The van der Waals surface area contributed by atoms with Crippen LogP contribution in [0.4, 0.5) is 11.4 Å². The molecule has 0 radical (unpaired) electrons. The van der Waals surface area contributed by atoms with Crippen molar-refractivity contribution in [3.63, 3.8) is 0 Å². The number of carbonyl (C=O) groups is 1. The summed E-state index contributed by atoms with van der Waals surface area (Å²) in [5.74, 6) is 1.50. The van der Waals surface area contributed by atoms with Gasteiger partial charge in [0.2, 0.25) is 0 Å². The second kappa shape index (κ2) is 11.4. The first-order chi connectivity index (χ1) is 14.6. The first-order valence-corrected chi connectivity index (χ1v) is 11.6. The molecule has 2 N–H and O–H groups in total. The second-order valence-corrected chi connectivity index (χ2v) is 8.06. The van der Waals surface area contributed by atoms with Crippen LogP contribution in [0.5, 0.6) is 11.5 Å². The Kier molecular flexibility index (Phi) is 8.63. The third-order valence-electron chi connectivity index (χ3n) is 6.02. The van der Waals surface area contributed by atoms with Gasteiger partial charge in [0.1, 0.15) is 11.5 Å². The maximum atomic E-state index is 13.1. The lowest BCUT2D eigenvalue weighted by atomic mass is 10.2. The molecule has 168 valence electrons. The van der Waals surface area contributed by atoms with E-state index in [2.05, 4.69) is 10.2 Å². The van der Waals surface area contributed by atoms with Crippen LogP contribution in [0.3, 0.4) is 0 Å². The number of rotatable bonds is 8. The lowest BCUT2D eigenvalue weighted by Gasteiger charge is -2.31.